The number of rotatable bonds is 7. The Balaban J connectivity index is 2.17. The molecule has 0 aliphatic heterocycles. The molecule has 0 spiro atoms. The molecule has 0 aromatic heterocycles. The summed E-state index contributed by atoms with van der Waals surface area (Å²) in [6.45, 7) is 2.65. The van der Waals surface area contributed by atoms with Crippen LogP contribution in [0.4, 0.5) is 4.39 Å². The van der Waals surface area contributed by atoms with Gasteiger partial charge in [-0.2, -0.15) is 0 Å². The van der Waals surface area contributed by atoms with Gasteiger partial charge in [-0.15, -0.1) is 0 Å². The molecule has 0 radical (unpaired) electrons. The molecule has 1 amide bonds. The van der Waals surface area contributed by atoms with Gasteiger partial charge in [-0.3, -0.25) is 4.79 Å². The molecule has 0 aliphatic rings. The maximum absolute atomic E-state index is 12.8. The fourth-order valence-corrected chi connectivity index (χ4v) is 1.39. The standard InChI is InChI=1S/C13H19FN2O2/c1-10(9-15)16-13(17)6-3-7-18-12-5-2-4-11(14)8-12/h2,4-5,8,10H,3,6-7,9,15H2,1H3,(H,16,17)/t10-/m0/s1. The number of hydrogen-bond acceptors (Lipinski definition) is 3. The highest BCUT2D eigenvalue weighted by atomic mass is 19.1. The second-order valence-electron chi connectivity index (χ2n) is 4.11. The van der Waals surface area contributed by atoms with Crippen molar-refractivity contribution in [2.24, 2.45) is 5.73 Å². The molecule has 3 N–H and O–H groups in total. The Morgan fingerprint density at radius 1 is 1.56 bits per heavy atom. The number of benzene rings is 1. The van der Waals surface area contributed by atoms with Crippen LogP contribution in [-0.2, 0) is 4.79 Å². The minimum Gasteiger partial charge on any atom is -0.493 e. The summed E-state index contributed by atoms with van der Waals surface area (Å²) in [5.74, 6) is 0.101. The third-order valence-electron chi connectivity index (χ3n) is 2.37. The Morgan fingerprint density at radius 2 is 2.33 bits per heavy atom. The van der Waals surface area contributed by atoms with Crippen LogP contribution in [-0.4, -0.2) is 25.1 Å². The highest BCUT2D eigenvalue weighted by molar-refractivity contribution is 5.76. The van der Waals surface area contributed by atoms with Gasteiger partial charge in [0.15, 0.2) is 0 Å². The summed E-state index contributed by atoms with van der Waals surface area (Å²) in [4.78, 5) is 11.4. The van der Waals surface area contributed by atoms with Gasteiger partial charge in [-0.25, -0.2) is 4.39 Å². The maximum Gasteiger partial charge on any atom is 0.220 e. The summed E-state index contributed by atoms with van der Waals surface area (Å²) in [7, 11) is 0. The molecule has 0 saturated heterocycles. The zero-order valence-electron chi connectivity index (χ0n) is 10.5. The number of amides is 1. The molecule has 0 bridgehead atoms. The molecular weight excluding hydrogens is 235 g/mol. The molecule has 18 heavy (non-hydrogen) atoms. The molecule has 4 nitrogen and oxygen atoms in total. The van der Waals surface area contributed by atoms with Crippen LogP contribution in [0, 0.1) is 5.82 Å². The van der Waals surface area contributed by atoms with Crippen LogP contribution in [0.15, 0.2) is 24.3 Å². The molecular formula is C13H19FN2O2. The van der Waals surface area contributed by atoms with Crippen LogP contribution in [0.25, 0.3) is 0 Å². The number of carbonyl (C=O) groups is 1. The number of hydrogen-bond donors (Lipinski definition) is 2. The number of halogens is 1. The van der Waals surface area contributed by atoms with Gasteiger partial charge in [0.2, 0.25) is 5.91 Å². The van der Waals surface area contributed by atoms with Crippen molar-refractivity contribution in [2.45, 2.75) is 25.8 Å². The SMILES string of the molecule is C[C@@H](CN)NC(=O)CCCOc1cccc(F)c1. The zero-order valence-corrected chi connectivity index (χ0v) is 10.5. The third kappa shape index (κ3) is 5.63. The summed E-state index contributed by atoms with van der Waals surface area (Å²) in [5.41, 5.74) is 5.39. The van der Waals surface area contributed by atoms with Crippen LogP contribution in [0.2, 0.25) is 0 Å². The lowest BCUT2D eigenvalue weighted by atomic mass is 10.2. The van der Waals surface area contributed by atoms with E-state index in [1.807, 2.05) is 6.92 Å². The molecule has 100 valence electrons. The molecule has 1 atom stereocenters. The van der Waals surface area contributed by atoms with Gasteiger partial charge in [-0.1, -0.05) is 6.07 Å². The van der Waals surface area contributed by atoms with Gasteiger partial charge >= 0.3 is 0 Å². The van der Waals surface area contributed by atoms with Crippen molar-refractivity contribution in [2.75, 3.05) is 13.2 Å². The van der Waals surface area contributed by atoms with Gasteiger partial charge in [0.25, 0.3) is 0 Å². The van der Waals surface area contributed by atoms with E-state index in [9.17, 15) is 9.18 Å². The number of nitrogens with one attached hydrogen (secondary N) is 1. The third-order valence-corrected chi connectivity index (χ3v) is 2.37. The number of carbonyl (C=O) groups excluding carboxylic acids is 1. The summed E-state index contributed by atoms with van der Waals surface area (Å²) < 4.78 is 18.2. The Labute approximate surface area is 106 Å². The topological polar surface area (TPSA) is 64.3 Å². The van der Waals surface area contributed by atoms with Crippen molar-refractivity contribution in [1.29, 1.82) is 0 Å². The normalized spacial score (nSPS) is 11.9. The lowest BCUT2D eigenvalue weighted by molar-refractivity contribution is -0.121. The van der Waals surface area contributed by atoms with Crippen molar-refractivity contribution >= 4 is 5.91 Å². The average molecular weight is 254 g/mol. The van der Waals surface area contributed by atoms with Crippen LogP contribution in [0.3, 0.4) is 0 Å². The number of ether oxygens (including phenoxy) is 1. The monoisotopic (exact) mass is 254 g/mol. The van der Waals surface area contributed by atoms with E-state index in [0.717, 1.165) is 0 Å². The largest absolute Gasteiger partial charge is 0.493 e. The molecule has 1 aromatic carbocycles. The van der Waals surface area contributed by atoms with Crippen molar-refractivity contribution < 1.29 is 13.9 Å². The first-order valence-corrected chi connectivity index (χ1v) is 5.99. The Hall–Kier alpha value is -1.62. The summed E-state index contributed by atoms with van der Waals surface area (Å²) in [5, 5.41) is 2.76. The van der Waals surface area contributed by atoms with E-state index < -0.39 is 0 Å². The quantitative estimate of drug-likeness (QED) is 0.724. The van der Waals surface area contributed by atoms with Gasteiger partial charge in [0.05, 0.1) is 6.61 Å². The molecule has 0 saturated carbocycles. The minimum absolute atomic E-state index is 0.0124. The maximum atomic E-state index is 12.8. The van der Waals surface area contributed by atoms with Crippen molar-refractivity contribution in [1.82, 2.24) is 5.32 Å². The molecule has 1 aromatic rings. The second kappa shape index (κ2) is 7.66. The van der Waals surface area contributed by atoms with E-state index in [1.165, 1.54) is 12.1 Å². The van der Waals surface area contributed by atoms with Crippen LogP contribution in [0.1, 0.15) is 19.8 Å². The van der Waals surface area contributed by atoms with E-state index in [4.69, 9.17) is 10.5 Å². The van der Waals surface area contributed by atoms with Crippen LogP contribution < -0.4 is 15.8 Å². The lowest BCUT2D eigenvalue weighted by Gasteiger charge is -2.11. The summed E-state index contributed by atoms with van der Waals surface area (Å²) >= 11 is 0. The van der Waals surface area contributed by atoms with Gasteiger partial charge in [0, 0.05) is 25.1 Å². The minimum atomic E-state index is -0.331. The first kappa shape index (κ1) is 14.4. The van der Waals surface area contributed by atoms with E-state index in [-0.39, 0.29) is 17.8 Å². The van der Waals surface area contributed by atoms with E-state index >= 15 is 0 Å². The Morgan fingerprint density at radius 3 is 3.00 bits per heavy atom. The highest BCUT2D eigenvalue weighted by Gasteiger charge is 2.05. The van der Waals surface area contributed by atoms with Crippen molar-refractivity contribution in [3.63, 3.8) is 0 Å². The van der Waals surface area contributed by atoms with E-state index in [2.05, 4.69) is 5.32 Å². The molecule has 1 rings (SSSR count). The number of nitrogens with two attached hydrogens (primary N) is 1. The second-order valence-corrected chi connectivity index (χ2v) is 4.11. The molecule has 0 aliphatic carbocycles. The van der Waals surface area contributed by atoms with Crippen LogP contribution in [0.5, 0.6) is 5.75 Å². The highest BCUT2D eigenvalue weighted by Crippen LogP contribution is 2.12. The fourth-order valence-electron chi connectivity index (χ4n) is 1.39. The van der Waals surface area contributed by atoms with Crippen molar-refractivity contribution in [3.05, 3.63) is 30.1 Å². The van der Waals surface area contributed by atoms with E-state index in [1.54, 1.807) is 12.1 Å². The predicted octanol–water partition coefficient (Wildman–Crippen LogP) is 1.45. The van der Waals surface area contributed by atoms with Crippen LogP contribution >= 0.6 is 0 Å². The first-order valence-electron chi connectivity index (χ1n) is 5.99. The zero-order chi connectivity index (χ0) is 13.4. The molecule has 0 fully saturated rings. The fraction of sp³-hybridized carbons (Fsp3) is 0.462. The van der Waals surface area contributed by atoms with Gasteiger partial charge < -0.3 is 15.8 Å². The summed E-state index contributed by atoms with van der Waals surface area (Å²) in [6, 6.07) is 5.92. The van der Waals surface area contributed by atoms with E-state index in [0.29, 0.717) is 31.7 Å². The predicted molar refractivity (Wildman–Crippen MR) is 67.8 cm³/mol. The molecule has 5 heteroatoms. The molecule has 0 unspecified atom stereocenters. The van der Waals surface area contributed by atoms with Gasteiger partial charge in [-0.05, 0) is 25.5 Å². The summed E-state index contributed by atoms with van der Waals surface area (Å²) in [6.07, 6.45) is 0.958. The Bertz CT molecular complexity index is 385. The Kier molecular flexibility index (Phi) is 6.14. The smallest absolute Gasteiger partial charge is 0.220 e. The van der Waals surface area contributed by atoms with Gasteiger partial charge in [0.1, 0.15) is 11.6 Å². The van der Waals surface area contributed by atoms with Crippen molar-refractivity contribution in [3.8, 4) is 5.75 Å². The first-order chi connectivity index (χ1) is 8.61. The molecule has 0 heterocycles. The average Bonchev–Trinajstić information content (AvgIpc) is 2.34. The lowest BCUT2D eigenvalue weighted by Crippen LogP contribution is -2.37.